The van der Waals surface area contributed by atoms with Gasteiger partial charge in [0.2, 0.25) is 0 Å². The summed E-state index contributed by atoms with van der Waals surface area (Å²) in [6.07, 6.45) is 1.35. The quantitative estimate of drug-likeness (QED) is 0.852. The van der Waals surface area contributed by atoms with Gasteiger partial charge in [0, 0.05) is 4.47 Å². The molecule has 0 radical (unpaired) electrons. The van der Waals surface area contributed by atoms with Gasteiger partial charge < -0.3 is 0 Å². The van der Waals surface area contributed by atoms with Crippen molar-refractivity contribution in [2.75, 3.05) is 0 Å². The first-order valence-corrected chi connectivity index (χ1v) is 4.79. The SMILES string of the molecule is Cc1cc(-c2ncn[nH]2)c(F)cc1Br. The average molecular weight is 256 g/mol. The number of aromatic amines is 1. The zero-order chi connectivity index (χ0) is 10.1. The molecule has 5 heteroatoms. The Morgan fingerprint density at radius 3 is 2.86 bits per heavy atom. The first kappa shape index (κ1) is 9.33. The second-order valence-corrected chi connectivity index (χ2v) is 3.77. The maximum atomic E-state index is 13.5. The molecule has 0 saturated heterocycles. The monoisotopic (exact) mass is 255 g/mol. The number of aromatic nitrogens is 3. The summed E-state index contributed by atoms with van der Waals surface area (Å²) < 4.78 is 14.2. The number of hydrogen-bond donors (Lipinski definition) is 1. The summed E-state index contributed by atoms with van der Waals surface area (Å²) in [7, 11) is 0. The van der Waals surface area contributed by atoms with Gasteiger partial charge in [0.05, 0.1) is 5.56 Å². The van der Waals surface area contributed by atoms with Crippen LogP contribution < -0.4 is 0 Å². The maximum Gasteiger partial charge on any atom is 0.158 e. The van der Waals surface area contributed by atoms with Gasteiger partial charge in [-0.1, -0.05) is 15.9 Å². The Bertz CT molecular complexity index is 453. The van der Waals surface area contributed by atoms with E-state index in [9.17, 15) is 4.39 Å². The molecule has 0 atom stereocenters. The highest BCUT2D eigenvalue weighted by molar-refractivity contribution is 9.10. The first-order valence-electron chi connectivity index (χ1n) is 4.00. The molecular weight excluding hydrogens is 249 g/mol. The summed E-state index contributed by atoms with van der Waals surface area (Å²) in [5.41, 5.74) is 1.39. The number of H-pyrrole nitrogens is 1. The smallest absolute Gasteiger partial charge is 0.158 e. The molecule has 14 heavy (non-hydrogen) atoms. The lowest BCUT2D eigenvalue weighted by atomic mass is 10.1. The molecule has 3 nitrogen and oxygen atoms in total. The van der Waals surface area contributed by atoms with Crippen LogP contribution in [0.4, 0.5) is 4.39 Å². The van der Waals surface area contributed by atoms with E-state index in [-0.39, 0.29) is 5.82 Å². The molecule has 0 aliphatic rings. The lowest BCUT2D eigenvalue weighted by Gasteiger charge is -2.02. The molecule has 2 aromatic rings. The maximum absolute atomic E-state index is 13.5. The highest BCUT2D eigenvalue weighted by atomic mass is 79.9. The van der Waals surface area contributed by atoms with Crippen molar-refractivity contribution < 1.29 is 4.39 Å². The number of nitrogens with zero attached hydrogens (tertiary/aromatic N) is 2. The van der Waals surface area contributed by atoms with E-state index in [1.807, 2.05) is 6.92 Å². The van der Waals surface area contributed by atoms with E-state index in [0.717, 1.165) is 10.0 Å². The Balaban J connectivity index is 2.60. The van der Waals surface area contributed by atoms with Gasteiger partial charge in [-0.05, 0) is 24.6 Å². The molecule has 0 amide bonds. The molecule has 0 saturated carbocycles. The fraction of sp³-hybridized carbons (Fsp3) is 0.111. The molecule has 1 aromatic carbocycles. The summed E-state index contributed by atoms with van der Waals surface area (Å²) in [5, 5.41) is 6.30. The molecule has 1 N–H and O–H groups in total. The van der Waals surface area contributed by atoms with Crippen LogP contribution in [-0.4, -0.2) is 15.2 Å². The number of rotatable bonds is 1. The van der Waals surface area contributed by atoms with Crippen molar-refractivity contribution in [2.24, 2.45) is 0 Å². The second-order valence-electron chi connectivity index (χ2n) is 2.92. The van der Waals surface area contributed by atoms with Gasteiger partial charge in [0.25, 0.3) is 0 Å². The van der Waals surface area contributed by atoms with Crippen LogP contribution in [0.2, 0.25) is 0 Å². The van der Waals surface area contributed by atoms with Crippen LogP contribution in [0.25, 0.3) is 11.4 Å². The number of hydrogen-bond acceptors (Lipinski definition) is 2. The van der Waals surface area contributed by atoms with Crippen LogP contribution in [0.5, 0.6) is 0 Å². The highest BCUT2D eigenvalue weighted by Crippen LogP contribution is 2.25. The van der Waals surface area contributed by atoms with Gasteiger partial charge >= 0.3 is 0 Å². The van der Waals surface area contributed by atoms with Crippen molar-refractivity contribution in [1.29, 1.82) is 0 Å². The molecule has 0 unspecified atom stereocenters. The molecule has 1 heterocycles. The number of benzene rings is 1. The van der Waals surface area contributed by atoms with Crippen molar-refractivity contribution in [2.45, 2.75) is 6.92 Å². The molecule has 0 bridgehead atoms. The fourth-order valence-corrected chi connectivity index (χ4v) is 1.49. The molecule has 1 aromatic heterocycles. The first-order chi connectivity index (χ1) is 6.68. The van der Waals surface area contributed by atoms with E-state index in [1.165, 1.54) is 12.4 Å². The Morgan fingerprint density at radius 2 is 2.21 bits per heavy atom. The van der Waals surface area contributed by atoms with Crippen molar-refractivity contribution in [3.8, 4) is 11.4 Å². The summed E-state index contributed by atoms with van der Waals surface area (Å²) in [6.45, 7) is 1.89. The van der Waals surface area contributed by atoms with Crippen molar-refractivity contribution in [1.82, 2.24) is 15.2 Å². The van der Waals surface area contributed by atoms with Crippen molar-refractivity contribution in [3.63, 3.8) is 0 Å². The molecular formula is C9H7BrFN3. The van der Waals surface area contributed by atoms with Crippen LogP contribution >= 0.6 is 15.9 Å². The Hall–Kier alpha value is -1.23. The predicted molar refractivity (Wildman–Crippen MR) is 54.2 cm³/mol. The van der Waals surface area contributed by atoms with Gasteiger partial charge in [0.1, 0.15) is 12.1 Å². The summed E-state index contributed by atoms with van der Waals surface area (Å²) in [5.74, 6) is 0.123. The second kappa shape index (κ2) is 3.49. The minimum atomic E-state index is -0.320. The third-order valence-corrected chi connectivity index (χ3v) is 2.77. The third-order valence-electron chi connectivity index (χ3n) is 1.92. The highest BCUT2D eigenvalue weighted by Gasteiger charge is 2.09. The largest absolute Gasteiger partial charge is 0.259 e. The topological polar surface area (TPSA) is 41.6 Å². The number of halogens is 2. The fourth-order valence-electron chi connectivity index (χ4n) is 1.17. The van der Waals surface area contributed by atoms with Crippen LogP contribution in [-0.2, 0) is 0 Å². The molecule has 0 spiro atoms. The molecule has 0 aliphatic carbocycles. The van der Waals surface area contributed by atoms with Gasteiger partial charge in [-0.15, -0.1) is 0 Å². The zero-order valence-electron chi connectivity index (χ0n) is 7.38. The zero-order valence-corrected chi connectivity index (χ0v) is 8.97. The van der Waals surface area contributed by atoms with Crippen LogP contribution in [0.1, 0.15) is 5.56 Å². The van der Waals surface area contributed by atoms with E-state index >= 15 is 0 Å². The summed E-state index contributed by atoms with van der Waals surface area (Å²) in [6, 6.07) is 3.15. The van der Waals surface area contributed by atoms with E-state index < -0.39 is 0 Å². The normalized spacial score (nSPS) is 10.5. The molecule has 72 valence electrons. The minimum absolute atomic E-state index is 0.320. The van der Waals surface area contributed by atoms with E-state index in [0.29, 0.717) is 11.4 Å². The van der Waals surface area contributed by atoms with Gasteiger partial charge in [-0.3, -0.25) is 5.10 Å². The molecule has 0 aliphatic heterocycles. The van der Waals surface area contributed by atoms with Gasteiger partial charge in [0.15, 0.2) is 5.82 Å². The molecule has 2 rings (SSSR count). The number of nitrogens with one attached hydrogen (secondary N) is 1. The molecule has 0 fully saturated rings. The van der Waals surface area contributed by atoms with Crippen LogP contribution in [0.3, 0.4) is 0 Å². The van der Waals surface area contributed by atoms with E-state index in [4.69, 9.17) is 0 Å². The van der Waals surface area contributed by atoms with Crippen LogP contribution in [0, 0.1) is 12.7 Å². The summed E-state index contributed by atoms with van der Waals surface area (Å²) >= 11 is 3.26. The van der Waals surface area contributed by atoms with E-state index in [2.05, 4.69) is 31.1 Å². The Morgan fingerprint density at radius 1 is 1.43 bits per heavy atom. The lowest BCUT2D eigenvalue weighted by molar-refractivity contribution is 0.628. The predicted octanol–water partition coefficient (Wildman–Crippen LogP) is 2.68. The Kier molecular flexibility index (Phi) is 2.33. The van der Waals surface area contributed by atoms with E-state index in [1.54, 1.807) is 6.07 Å². The Labute approximate surface area is 88.5 Å². The van der Waals surface area contributed by atoms with Crippen molar-refractivity contribution in [3.05, 3.63) is 34.3 Å². The third kappa shape index (κ3) is 1.55. The van der Waals surface area contributed by atoms with Gasteiger partial charge in [-0.25, -0.2) is 9.37 Å². The average Bonchev–Trinajstić information content (AvgIpc) is 2.64. The lowest BCUT2D eigenvalue weighted by Crippen LogP contribution is -1.89. The standard InChI is InChI=1S/C9H7BrFN3/c1-5-2-6(8(11)3-7(5)10)9-12-4-13-14-9/h2-4H,1H3,(H,12,13,14). The summed E-state index contributed by atoms with van der Waals surface area (Å²) in [4.78, 5) is 3.90. The number of aryl methyl sites for hydroxylation is 1. The minimum Gasteiger partial charge on any atom is -0.259 e. The van der Waals surface area contributed by atoms with Gasteiger partial charge in [-0.2, -0.15) is 5.10 Å². The van der Waals surface area contributed by atoms with Crippen molar-refractivity contribution >= 4 is 15.9 Å². The van der Waals surface area contributed by atoms with Crippen LogP contribution in [0.15, 0.2) is 22.9 Å².